The summed E-state index contributed by atoms with van der Waals surface area (Å²) in [5, 5.41) is 9.61. The molecule has 432 valence electrons. The Balaban J connectivity index is 1.81. The minimum absolute atomic E-state index is 0.00647. The molecule has 0 spiro atoms. The smallest absolute Gasteiger partial charge is 0.309 e. The molecule has 4 rings (SSSR count). The molecule has 0 amide bonds. The summed E-state index contributed by atoms with van der Waals surface area (Å²) in [5.74, 6) is -9.54. The maximum atomic E-state index is 14.3. The molecule has 0 aliphatic carbocycles. The Morgan fingerprint density at radius 3 is 1.45 bits per heavy atom. The Hall–Kier alpha value is -0.960. The van der Waals surface area contributed by atoms with Crippen molar-refractivity contribution >= 4 is 171 Å². The van der Waals surface area contributed by atoms with Crippen molar-refractivity contribution in [1.82, 2.24) is 0 Å². The number of carboxylic acid groups (broad SMARTS) is 1. The average Bonchev–Trinajstić information content (AvgIpc) is 3.68. The summed E-state index contributed by atoms with van der Waals surface area (Å²) in [6.45, 7) is 15.3. The zero-order chi connectivity index (χ0) is 57.5. The highest BCUT2D eigenvalue weighted by atomic mass is 127. The second-order valence-electron chi connectivity index (χ2n) is 19.8. The molecule has 2 aliphatic heterocycles. The minimum atomic E-state index is -2.04. The fraction of sp³-hybridized carbons (Fsp3) is 0.654. The van der Waals surface area contributed by atoms with Gasteiger partial charge < -0.3 is 61.9 Å². The first-order valence-corrected chi connectivity index (χ1v) is 31.5. The minimum Gasteiger partial charge on any atom is -0.489 e. The third-order valence-corrected chi connectivity index (χ3v) is 16.3. The molecule has 0 radical (unpaired) electrons. The van der Waals surface area contributed by atoms with E-state index in [1.165, 1.54) is 6.92 Å². The molecule has 10 atom stereocenters. The van der Waals surface area contributed by atoms with Crippen molar-refractivity contribution in [3.8, 4) is 11.5 Å². The molecule has 19 nitrogen and oxygen atoms in total. The number of benzene rings is 2. The molecular weight excluding hydrogens is 1690 g/mol. The van der Waals surface area contributed by atoms with Gasteiger partial charge in [-0.15, -0.1) is 0 Å². The van der Waals surface area contributed by atoms with Gasteiger partial charge in [-0.25, -0.2) is 0 Å². The van der Waals surface area contributed by atoms with E-state index in [4.69, 9.17) is 56.8 Å². The number of carbonyl (C=O) groups excluding carboxylic acids is 5. The summed E-state index contributed by atoms with van der Waals surface area (Å²) in [7, 11) is 0. The zero-order valence-electron chi connectivity index (χ0n) is 44.4. The monoisotopic (exact) mass is 1760 g/mol. The molecule has 25 heteroatoms. The lowest BCUT2D eigenvalue weighted by atomic mass is 9.96. The van der Waals surface area contributed by atoms with Crippen LogP contribution >= 0.6 is 136 Å². The molecule has 2 saturated heterocycles. The van der Waals surface area contributed by atoms with Crippen LogP contribution in [0.2, 0.25) is 0 Å². The molecule has 3 unspecified atom stereocenters. The van der Waals surface area contributed by atoms with Gasteiger partial charge in [-0.3, -0.25) is 28.8 Å². The largest absolute Gasteiger partial charge is 0.489 e. The number of hydrogen-bond donors (Lipinski definition) is 1. The van der Waals surface area contributed by atoms with Crippen LogP contribution in [0.1, 0.15) is 88.5 Å². The van der Waals surface area contributed by atoms with Crippen LogP contribution in [-0.2, 0) is 76.1 Å². The quantitative estimate of drug-likeness (QED) is 0.0345. The number of hydrogen-bond acceptors (Lipinski definition) is 18. The van der Waals surface area contributed by atoms with E-state index in [1.54, 1.807) is 62.3 Å². The molecule has 77 heavy (non-hydrogen) atoms. The maximum absolute atomic E-state index is 14.3. The molecule has 0 saturated carbocycles. The summed E-state index contributed by atoms with van der Waals surface area (Å²) in [6, 6.07) is 7.93. The lowest BCUT2D eigenvalue weighted by Crippen LogP contribution is -2.65. The van der Waals surface area contributed by atoms with E-state index in [0.29, 0.717) is 11.5 Å². The highest BCUT2D eigenvalue weighted by Gasteiger charge is 2.59. The first-order valence-electron chi connectivity index (χ1n) is 25.1. The fourth-order valence-corrected chi connectivity index (χ4v) is 15.1. The Morgan fingerprint density at radius 2 is 0.987 bits per heavy atom. The predicted molar refractivity (Wildman–Crippen MR) is 329 cm³/mol. The van der Waals surface area contributed by atoms with Crippen molar-refractivity contribution < 1.29 is 90.7 Å². The van der Waals surface area contributed by atoms with Gasteiger partial charge in [0.25, 0.3) is 0 Å². The van der Waals surface area contributed by atoms with Crippen LogP contribution in [0.3, 0.4) is 0 Å². The predicted octanol–water partition coefficient (Wildman–Crippen LogP) is 9.98. The third kappa shape index (κ3) is 21.3. The van der Waals surface area contributed by atoms with Gasteiger partial charge in [0, 0.05) is 13.6 Å². The third-order valence-electron chi connectivity index (χ3n) is 11.9. The second kappa shape index (κ2) is 32.8. The SMILES string of the molecule is CC(C)C(=O)OC[C@]1(O[C@H]2OC(COCCOc3c(I)cc(I)cc3I)[C@@H](OC(=O)C(C)C)[C@H](OC(=O)C(C)C)[C@H]2OC(=O)C(C)CCC(C)C(=O)O)C[C@H](OC(=O)C(C)C)[C@@H](COCCOc2c(I)cc(I)cc2I)O1. The summed E-state index contributed by atoms with van der Waals surface area (Å²) in [4.78, 5) is 80.2. The summed E-state index contributed by atoms with van der Waals surface area (Å²) >= 11 is 13.3. The Bertz CT molecular complexity index is 2290. The van der Waals surface area contributed by atoms with E-state index in [1.807, 2.05) is 24.3 Å². The van der Waals surface area contributed by atoms with Crippen molar-refractivity contribution in [3.63, 3.8) is 0 Å². The number of carbonyl (C=O) groups is 6. The number of esters is 5. The van der Waals surface area contributed by atoms with E-state index in [2.05, 4.69) is 136 Å². The molecular formula is C52H68I6O19. The van der Waals surface area contributed by atoms with E-state index in [9.17, 15) is 33.9 Å². The van der Waals surface area contributed by atoms with Crippen molar-refractivity contribution in [2.45, 2.75) is 137 Å². The molecule has 0 aromatic heterocycles. The van der Waals surface area contributed by atoms with Crippen LogP contribution in [0.5, 0.6) is 11.5 Å². The van der Waals surface area contributed by atoms with Crippen molar-refractivity contribution in [1.29, 1.82) is 0 Å². The van der Waals surface area contributed by atoms with E-state index >= 15 is 0 Å². The Morgan fingerprint density at radius 1 is 0.558 bits per heavy atom. The van der Waals surface area contributed by atoms with Gasteiger partial charge in [0.1, 0.15) is 49.6 Å². The molecule has 2 aliphatic rings. The number of rotatable bonds is 29. The van der Waals surface area contributed by atoms with Crippen LogP contribution in [0.15, 0.2) is 24.3 Å². The topological polar surface area (TPSA) is 233 Å². The van der Waals surface area contributed by atoms with Gasteiger partial charge in [-0.1, -0.05) is 69.2 Å². The number of aliphatic carboxylic acids is 1. The lowest BCUT2D eigenvalue weighted by Gasteiger charge is -2.46. The van der Waals surface area contributed by atoms with Crippen LogP contribution in [0, 0.1) is 56.9 Å². The number of halogens is 6. The van der Waals surface area contributed by atoms with E-state index < -0.39 is 127 Å². The summed E-state index contributed by atoms with van der Waals surface area (Å²) < 4.78 is 81.0. The van der Waals surface area contributed by atoms with E-state index in [0.717, 1.165) is 21.4 Å². The fourth-order valence-electron chi connectivity index (χ4n) is 7.32. The lowest BCUT2D eigenvalue weighted by molar-refractivity contribution is -0.374. The van der Waals surface area contributed by atoms with Gasteiger partial charge in [0.2, 0.25) is 12.1 Å². The van der Waals surface area contributed by atoms with Crippen molar-refractivity contribution in [2.24, 2.45) is 35.5 Å². The molecule has 2 heterocycles. The van der Waals surface area contributed by atoms with Gasteiger partial charge in [-0.2, -0.15) is 0 Å². The van der Waals surface area contributed by atoms with Crippen LogP contribution in [-0.4, -0.2) is 136 Å². The van der Waals surface area contributed by atoms with Crippen LogP contribution in [0.25, 0.3) is 0 Å². The van der Waals surface area contributed by atoms with Gasteiger partial charge in [0.15, 0.2) is 18.3 Å². The molecule has 0 bridgehead atoms. The normalized spacial score (nSPS) is 23.1. The molecule has 2 aromatic rings. The highest BCUT2D eigenvalue weighted by molar-refractivity contribution is 14.1. The second-order valence-corrected chi connectivity index (χ2v) is 26.9. The maximum Gasteiger partial charge on any atom is 0.309 e. The molecule has 2 aromatic carbocycles. The molecule has 2 fully saturated rings. The first kappa shape index (κ1) is 68.5. The van der Waals surface area contributed by atoms with Gasteiger partial charge in [-0.05, 0) is 173 Å². The summed E-state index contributed by atoms with van der Waals surface area (Å²) in [5.41, 5.74) is 0. The molecule has 1 N–H and O–H groups in total. The standard InChI is InChI=1S/C52H68I6O19/c1-25(2)46(61)70-24-52(21-37(71-47(62)26(3)4)38(76-52)22-66-13-15-68-40-33(55)17-31(53)18-34(40)56)77-51-44(75-50(65)30(10)12-11-29(9)45(59)60)43(74-49(64)28(7)8)42(73-48(63)27(5)6)39(72-51)23-67-14-16-69-41-35(57)19-32(54)20-36(41)58/h17-20,25-30,37-39,42-44,51H,11-16,21-24H2,1-10H3,(H,59,60)/t29?,30?,37-,38+,39?,42+,43-,44+,51+,52+/m0/s1. The average molecular weight is 1760 g/mol. The van der Waals surface area contributed by atoms with E-state index in [-0.39, 0.29) is 58.9 Å². The highest BCUT2D eigenvalue weighted by Crippen LogP contribution is 2.41. The zero-order valence-corrected chi connectivity index (χ0v) is 57.4. The van der Waals surface area contributed by atoms with Crippen molar-refractivity contribution in [2.75, 3.05) is 46.2 Å². The van der Waals surface area contributed by atoms with Crippen molar-refractivity contribution in [3.05, 3.63) is 45.7 Å². The first-order chi connectivity index (χ1) is 36.1. The van der Waals surface area contributed by atoms with Gasteiger partial charge in [0.05, 0.1) is 76.2 Å². The number of ether oxygens (including phenoxy) is 12. The Kier molecular flexibility index (Phi) is 29.2. The van der Waals surface area contributed by atoms with Crippen LogP contribution in [0.4, 0.5) is 0 Å². The summed E-state index contributed by atoms with van der Waals surface area (Å²) in [6.07, 6.45) is -10.1. The number of carboxylic acids is 1. The van der Waals surface area contributed by atoms with Gasteiger partial charge >= 0.3 is 35.8 Å². The van der Waals surface area contributed by atoms with Crippen LogP contribution < -0.4 is 9.47 Å². The Labute approximate surface area is 532 Å².